The third-order valence-corrected chi connectivity index (χ3v) is 3.53. The number of morpholine rings is 1. The first-order chi connectivity index (χ1) is 7.29. The van der Waals surface area contributed by atoms with Gasteiger partial charge < -0.3 is 15.2 Å². The van der Waals surface area contributed by atoms with Gasteiger partial charge in [0.15, 0.2) is 0 Å². The summed E-state index contributed by atoms with van der Waals surface area (Å²) in [7, 11) is 0. The van der Waals surface area contributed by atoms with Crippen molar-refractivity contribution >= 4 is 0 Å². The topological polar surface area (TPSA) is 44.7 Å². The zero-order chi connectivity index (χ0) is 10.6. The van der Waals surface area contributed by atoms with Crippen LogP contribution < -0.4 is 5.32 Å². The number of hydrogen-bond acceptors (Lipinski definition) is 4. The van der Waals surface area contributed by atoms with Gasteiger partial charge in [-0.3, -0.25) is 4.90 Å². The molecule has 15 heavy (non-hydrogen) atoms. The smallest absolute Gasteiger partial charge is 0.0684 e. The van der Waals surface area contributed by atoms with Crippen LogP contribution in [-0.2, 0) is 4.74 Å². The highest BCUT2D eigenvalue weighted by Gasteiger charge is 2.29. The van der Waals surface area contributed by atoms with Crippen molar-refractivity contribution in [2.75, 3.05) is 45.9 Å². The Kier molecular flexibility index (Phi) is 3.97. The first-order valence-electron chi connectivity index (χ1n) is 6.02. The van der Waals surface area contributed by atoms with E-state index < -0.39 is 5.60 Å². The van der Waals surface area contributed by atoms with Gasteiger partial charge in [0.25, 0.3) is 0 Å². The molecule has 0 aromatic heterocycles. The summed E-state index contributed by atoms with van der Waals surface area (Å²) in [5.41, 5.74) is -0.413. The average molecular weight is 214 g/mol. The Labute approximate surface area is 91.6 Å². The molecule has 0 spiro atoms. The molecular formula is C11H22N2O2. The van der Waals surface area contributed by atoms with Gasteiger partial charge >= 0.3 is 0 Å². The van der Waals surface area contributed by atoms with Crippen molar-refractivity contribution in [1.29, 1.82) is 0 Å². The van der Waals surface area contributed by atoms with Gasteiger partial charge in [-0.25, -0.2) is 0 Å². The zero-order valence-electron chi connectivity index (χ0n) is 9.37. The lowest BCUT2D eigenvalue weighted by atomic mass is 9.89. The minimum atomic E-state index is -0.413. The molecule has 2 aliphatic rings. The van der Waals surface area contributed by atoms with E-state index in [0.29, 0.717) is 0 Å². The van der Waals surface area contributed by atoms with Gasteiger partial charge in [-0.2, -0.15) is 0 Å². The molecule has 0 atom stereocenters. The van der Waals surface area contributed by atoms with E-state index in [2.05, 4.69) is 10.2 Å². The van der Waals surface area contributed by atoms with E-state index in [-0.39, 0.29) is 0 Å². The van der Waals surface area contributed by atoms with E-state index in [1.54, 1.807) is 0 Å². The maximum absolute atomic E-state index is 10.3. The lowest BCUT2D eigenvalue weighted by Gasteiger charge is -2.35. The van der Waals surface area contributed by atoms with Crippen molar-refractivity contribution in [2.45, 2.75) is 24.9 Å². The number of hydrogen-bond donors (Lipinski definition) is 2. The number of nitrogens with one attached hydrogen (secondary N) is 1. The summed E-state index contributed by atoms with van der Waals surface area (Å²) in [4.78, 5) is 2.39. The van der Waals surface area contributed by atoms with Gasteiger partial charge in [0.05, 0.1) is 18.8 Å². The van der Waals surface area contributed by atoms with Crippen LogP contribution in [0.2, 0.25) is 0 Å². The van der Waals surface area contributed by atoms with E-state index in [1.807, 2.05) is 0 Å². The fraction of sp³-hybridized carbons (Fsp3) is 1.00. The second-order valence-electron chi connectivity index (χ2n) is 4.68. The van der Waals surface area contributed by atoms with Gasteiger partial charge in [-0.1, -0.05) is 0 Å². The van der Waals surface area contributed by atoms with E-state index in [1.165, 1.54) is 0 Å². The second-order valence-corrected chi connectivity index (χ2v) is 4.68. The number of aliphatic hydroxyl groups is 1. The minimum absolute atomic E-state index is 0.413. The van der Waals surface area contributed by atoms with Crippen LogP contribution in [0.5, 0.6) is 0 Å². The predicted molar refractivity (Wildman–Crippen MR) is 58.9 cm³/mol. The molecule has 0 saturated carbocycles. The van der Waals surface area contributed by atoms with Crippen LogP contribution >= 0.6 is 0 Å². The molecule has 0 bridgehead atoms. The third kappa shape index (κ3) is 3.41. The Morgan fingerprint density at radius 1 is 1.20 bits per heavy atom. The Morgan fingerprint density at radius 3 is 2.53 bits per heavy atom. The first-order valence-corrected chi connectivity index (χ1v) is 6.02. The van der Waals surface area contributed by atoms with Crippen LogP contribution in [0.4, 0.5) is 0 Å². The van der Waals surface area contributed by atoms with Gasteiger partial charge in [-0.05, 0) is 32.4 Å². The normalized spacial score (nSPS) is 27.8. The molecule has 4 nitrogen and oxygen atoms in total. The molecule has 2 fully saturated rings. The molecule has 2 N–H and O–H groups in total. The molecule has 2 rings (SSSR count). The fourth-order valence-corrected chi connectivity index (χ4v) is 2.33. The molecule has 0 amide bonds. The molecule has 0 aliphatic carbocycles. The Hall–Kier alpha value is -0.160. The fourth-order valence-electron chi connectivity index (χ4n) is 2.33. The van der Waals surface area contributed by atoms with Crippen molar-refractivity contribution in [3.8, 4) is 0 Å². The van der Waals surface area contributed by atoms with Crippen LogP contribution in [0.3, 0.4) is 0 Å². The Balaban J connectivity index is 1.70. The summed E-state index contributed by atoms with van der Waals surface area (Å²) in [6, 6.07) is 0. The molecule has 0 unspecified atom stereocenters. The van der Waals surface area contributed by atoms with Crippen molar-refractivity contribution in [1.82, 2.24) is 10.2 Å². The SMILES string of the molecule is OC1(CCN2CCOCC2)CCNCC1. The van der Waals surface area contributed by atoms with E-state index in [9.17, 15) is 5.11 Å². The Morgan fingerprint density at radius 2 is 1.87 bits per heavy atom. The summed E-state index contributed by atoms with van der Waals surface area (Å²) in [6.07, 6.45) is 2.71. The van der Waals surface area contributed by atoms with E-state index in [4.69, 9.17) is 4.74 Å². The predicted octanol–water partition coefficient (Wildman–Crippen LogP) is -0.177. The van der Waals surface area contributed by atoms with Crippen LogP contribution in [-0.4, -0.2) is 61.5 Å². The van der Waals surface area contributed by atoms with E-state index in [0.717, 1.165) is 65.2 Å². The quantitative estimate of drug-likeness (QED) is 0.684. The summed E-state index contributed by atoms with van der Waals surface area (Å²) in [6.45, 7) is 6.67. The summed E-state index contributed by atoms with van der Waals surface area (Å²) < 4.78 is 5.30. The summed E-state index contributed by atoms with van der Waals surface area (Å²) >= 11 is 0. The Bertz CT molecular complexity index is 187. The third-order valence-electron chi connectivity index (χ3n) is 3.53. The largest absolute Gasteiger partial charge is 0.390 e. The molecule has 4 heteroatoms. The highest BCUT2D eigenvalue weighted by Crippen LogP contribution is 2.22. The highest BCUT2D eigenvalue weighted by atomic mass is 16.5. The maximum atomic E-state index is 10.3. The molecule has 88 valence electrons. The van der Waals surface area contributed by atoms with Gasteiger partial charge in [-0.15, -0.1) is 0 Å². The molecule has 2 aliphatic heterocycles. The van der Waals surface area contributed by atoms with E-state index >= 15 is 0 Å². The van der Waals surface area contributed by atoms with Crippen LogP contribution in [0.15, 0.2) is 0 Å². The van der Waals surface area contributed by atoms with Crippen molar-refractivity contribution in [3.63, 3.8) is 0 Å². The highest BCUT2D eigenvalue weighted by molar-refractivity contribution is 4.85. The number of ether oxygens (including phenoxy) is 1. The van der Waals surface area contributed by atoms with Crippen molar-refractivity contribution in [3.05, 3.63) is 0 Å². The average Bonchev–Trinajstić information content (AvgIpc) is 2.29. The van der Waals surface area contributed by atoms with Crippen molar-refractivity contribution in [2.24, 2.45) is 0 Å². The minimum Gasteiger partial charge on any atom is -0.390 e. The molecule has 0 aromatic carbocycles. The molecule has 2 heterocycles. The summed E-state index contributed by atoms with van der Waals surface area (Å²) in [5, 5.41) is 13.6. The van der Waals surface area contributed by atoms with Gasteiger partial charge in [0, 0.05) is 19.6 Å². The number of nitrogens with zero attached hydrogens (tertiary/aromatic N) is 1. The number of rotatable bonds is 3. The lowest BCUT2D eigenvalue weighted by Crippen LogP contribution is -2.45. The van der Waals surface area contributed by atoms with Gasteiger partial charge in [0.1, 0.15) is 0 Å². The van der Waals surface area contributed by atoms with Gasteiger partial charge in [0.2, 0.25) is 0 Å². The second kappa shape index (κ2) is 5.25. The molecular weight excluding hydrogens is 192 g/mol. The first kappa shape index (κ1) is 11.3. The molecule has 0 aromatic rings. The lowest BCUT2D eigenvalue weighted by molar-refractivity contribution is -0.0191. The summed E-state index contributed by atoms with van der Waals surface area (Å²) in [5.74, 6) is 0. The van der Waals surface area contributed by atoms with Crippen LogP contribution in [0.1, 0.15) is 19.3 Å². The molecule has 2 saturated heterocycles. The monoisotopic (exact) mass is 214 g/mol. The van der Waals surface area contributed by atoms with Crippen LogP contribution in [0, 0.1) is 0 Å². The van der Waals surface area contributed by atoms with Crippen LogP contribution in [0.25, 0.3) is 0 Å². The molecule has 0 radical (unpaired) electrons. The standard InChI is InChI=1S/C11H22N2O2/c14-11(1-4-12-5-2-11)3-6-13-7-9-15-10-8-13/h12,14H,1-10H2. The maximum Gasteiger partial charge on any atom is 0.0684 e. The zero-order valence-corrected chi connectivity index (χ0v) is 9.37. The number of piperidine rings is 1. The van der Waals surface area contributed by atoms with Crippen molar-refractivity contribution < 1.29 is 9.84 Å².